The largest absolute Gasteiger partial charge is 0.493 e. The quantitative estimate of drug-likeness (QED) is 0.334. The third-order valence-corrected chi connectivity index (χ3v) is 5.59. The number of benzene rings is 3. The van der Waals surface area contributed by atoms with Crippen molar-refractivity contribution in [3.63, 3.8) is 0 Å². The average Bonchev–Trinajstić information content (AvgIpc) is 3.26. The summed E-state index contributed by atoms with van der Waals surface area (Å²) in [5.41, 5.74) is 3.09. The van der Waals surface area contributed by atoms with Crippen molar-refractivity contribution < 1.29 is 9.47 Å². The molecule has 0 atom stereocenters. The van der Waals surface area contributed by atoms with Gasteiger partial charge in [0.15, 0.2) is 22.5 Å². The standard InChI is InChI=1S/C25H23N3O2S/c1-29-22-16-15-21(18-23(22)30-2)28-24(20-13-7-4-8-14-20)26-27-25(28)31-17-9-12-19-10-5-3-6-11-19/h3-16,18H,17H2,1-2H3. The third-order valence-electron chi connectivity index (χ3n) is 4.71. The molecule has 3 aromatic carbocycles. The minimum atomic E-state index is 0.660. The smallest absolute Gasteiger partial charge is 0.196 e. The Morgan fingerprint density at radius 3 is 2.26 bits per heavy atom. The molecule has 5 nitrogen and oxygen atoms in total. The molecule has 0 amide bonds. The molecule has 0 aliphatic heterocycles. The van der Waals surface area contributed by atoms with Crippen molar-refractivity contribution >= 4 is 17.8 Å². The Bertz CT molecular complexity index is 1160. The number of nitrogens with zero attached hydrogens (tertiary/aromatic N) is 3. The van der Waals surface area contributed by atoms with Crippen LogP contribution in [-0.4, -0.2) is 34.7 Å². The van der Waals surface area contributed by atoms with Crippen molar-refractivity contribution in [3.8, 4) is 28.6 Å². The van der Waals surface area contributed by atoms with Gasteiger partial charge in [-0.15, -0.1) is 10.2 Å². The predicted octanol–water partition coefficient (Wildman–Crippen LogP) is 5.76. The number of thioether (sulfide) groups is 1. The SMILES string of the molecule is COc1ccc(-n2c(SCC=Cc3ccccc3)nnc2-c2ccccc2)cc1OC. The van der Waals surface area contributed by atoms with Gasteiger partial charge in [-0.2, -0.15) is 0 Å². The van der Waals surface area contributed by atoms with Crippen LogP contribution < -0.4 is 9.47 Å². The molecule has 0 spiro atoms. The first kappa shape index (κ1) is 20.8. The van der Waals surface area contributed by atoms with Gasteiger partial charge in [0.25, 0.3) is 0 Å². The van der Waals surface area contributed by atoms with Crippen LogP contribution in [0.4, 0.5) is 0 Å². The normalized spacial score (nSPS) is 11.0. The number of methoxy groups -OCH3 is 2. The van der Waals surface area contributed by atoms with E-state index in [4.69, 9.17) is 9.47 Å². The molecule has 0 saturated carbocycles. The van der Waals surface area contributed by atoms with Gasteiger partial charge in [-0.25, -0.2) is 0 Å². The van der Waals surface area contributed by atoms with Gasteiger partial charge in [0.1, 0.15) is 0 Å². The Kier molecular flexibility index (Phi) is 6.69. The van der Waals surface area contributed by atoms with E-state index in [1.165, 1.54) is 5.56 Å². The monoisotopic (exact) mass is 429 g/mol. The summed E-state index contributed by atoms with van der Waals surface area (Å²) in [7, 11) is 3.27. The Labute approximate surface area is 186 Å². The van der Waals surface area contributed by atoms with Crippen molar-refractivity contribution in [1.29, 1.82) is 0 Å². The summed E-state index contributed by atoms with van der Waals surface area (Å²) in [4.78, 5) is 0. The van der Waals surface area contributed by atoms with Crippen molar-refractivity contribution in [2.45, 2.75) is 5.16 Å². The van der Waals surface area contributed by atoms with Crippen LogP contribution in [0.25, 0.3) is 23.2 Å². The fourth-order valence-corrected chi connectivity index (χ4v) is 3.97. The van der Waals surface area contributed by atoms with Crippen LogP contribution in [0.3, 0.4) is 0 Å². The molecule has 1 aromatic heterocycles. The predicted molar refractivity (Wildman–Crippen MR) is 126 cm³/mol. The van der Waals surface area contributed by atoms with Crippen LogP contribution in [0.5, 0.6) is 11.5 Å². The van der Waals surface area contributed by atoms with E-state index >= 15 is 0 Å². The van der Waals surface area contributed by atoms with E-state index < -0.39 is 0 Å². The van der Waals surface area contributed by atoms with E-state index in [-0.39, 0.29) is 0 Å². The highest BCUT2D eigenvalue weighted by Crippen LogP contribution is 2.33. The van der Waals surface area contributed by atoms with Crippen LogP contribution in [0, 0.1) is 0 Å². The lowest BCUT2D eigenvalue weighted by molar-refractivity contribution is 0.355. The van der Waals surface area contributed by atoms with E-state index in [9.17, 15) is 0 Å². The molecule has 156 valence electrons. The topological polar surface area (TPSA) is 49.2 Å². The van der Waals surface area contributed by atoms with Crippen LogP contribution in [-0.2, 0) is 0 Å². The first-order valence-electron chi connectivity index (χ1n) is 9.88. The van der Waals surface area contributed by atoms with Gasteiger partial charge in [0.05, 0.1) is 19.9 Å². The lowest BCUT2D eigenvalue weighted by Crippen LogP contribution is -2.01. The maximum absolute atomic E-state index is 5.51. The number of rotatable bonds is 8. The molecule has 0 aliphatic carbocycles. The van der Waals surface area contributed by atoms with E-state index in [2.05, 4.69) is 39.0 Å². The molecule has 0 unspecified atom stereocenters. The van der Waals surface area contributed by atoms with Crippen LogP contribution in [0.15, 0.2) is 90.1 Å². The summed E-state index contributed by atoms with van der Waals surface area (Å²) in [5.74, 6) is 2.89. The van der Waals surface area contributed by atoms with Gasteiger partial charge in [-0.05, 0) is 17.7 Å². The number of ether oxygens (including phenoxy) is 2. The number of aromatic nitrogens is 3. The molecule has 1 heterocycles. The highest BCUT2D eigenvalue weighted by molar-refractivity contribution is 7.99. The third kappa shape index (κ3) is 4.81. The van der Waals surface area contributed by atoms with Crippen LogP contribution in [0.1, 0.15) is 5.56 Å². The molecule has 0 bridgehead atoms. The number of hydrogen-bond acceptors (Lipinski definition) is 5. The lowest BCUT2D eigenvalue weighted by atomic mass is 10.2. The summed E-state index contributed by atoms with van der Waals surface area (Å²) in [5, 5.41) is 9.78. The summed E-state index contributed by atoms with van der Waals surface area (Å²) < 4.78 is 13.0. The molecule has 4 aromatic rings. The van der Waals surface area contributed by atoms with Crippen molar-refractivity contribution in [2.75, 3.05) is 20.0 Å². The first-order chi connectivity index (χ1) is 15.3. The van der Waals surface area contributed by atoms with Gasteiger partial charge >= 0.3 is 0 Å². The second-order valence-electron chi connectivity index (χ2n) is 6.67. The van der Waals surface area contributed by atoms with Crippen LogP contribution >= 0.6 is 11.8 Å². The minimum Gasteiger partial charge on any atom is -0.493 e. The van der Waals surface area contributed by atoms with E-state index in [0.717, 1.165) is 28.0 Å². The molecule has 31 heavy (non-hydrogen) atoms. The molecular formula is C25H23N3O2S. The van der Waals surface area contributed by atoms with Gasteiger partial charge in [-0.3, -0.25) is 4.57 Å². The van der Waals surface area contributed by atoms with Crippen molar-refractivity contribution in [3.05, 3.63) is 90.5 Å². The zero-order valence-corrected chi connectivity index (χ0v) is 18.3. The molecular weight excluding hydrogens is 406 g/mol. The van der Waals surface area contributed by atoms with Crippen molar-refractivity contribution in [2.24, 2.45) is 0 Å². The molecule has 0 N–H and O–H groups in total. The van der Waals surface area contributed by atoms with Gasteiger partial charge < -0.3 is 9.47 Å². The maximum atomic E-state index is 5.51. The Morgan fingerprint density at radius 2 is 1.55 bits per heavy atom. The van der Waals surface area contributed by atoms with Crippen LogP contribution in [0.2, 0.25) is 0 Å². The first-order valence-corrected chi connectivity index (χ1v) is 10.9. The second-order valence-corrected chi connectivity index (χ2v) is 7.66. The summed E-state index contributed by atoms with van der Waals surface area (Å²) in [6, 6.07) is 26.1. The number of hydrogen-bond donors (Lipinski definition) is 0. The highest BCUT2D eigenvalue weighted by Gasteiger charge is 2.17. The molecule has 0 saturated heterocycles. The molecule has 0 radical (unpaired) electrons. The van der Waals surface area contributed by atoms with Crippen molar-refractivity contribution in [1.82, 2.24) is 14.8 Å². The minimum absolute atomic E-state index is 0.660. The summed E-state index contributed by atoms with van der Waals surface area (Å²) in [6.45, 7) is 0. The fraction of sp³-hybridized carbons (Fsp3) is 0.120. The van der Waals surface area contributed by atoms with E-state index in [0.29, 0.717) is 11.5 Å². The Morgan fingerprint density at radius 1 is 0.839 bits per heavy atom. The van der Waals surface area contributed by atoms with E-state index in [1.54, 1.807) is 26.0 Å². The zero-order chi connectivity index (χ0) is 21.5. The average molecular weight is 430 g/mol. The fourth-order valence-electron chi connectivity index (χ4n) is 3.21. The zero-order valence-electron chi connectivity index (χ0n) is 17.4. The summed E-state index contributed by atoms with van der Waals surface area (Å²) in [6.07, 6.45) is 4.25. The highest BCUT2D eigenvalue weighted by atomic mass is 32.2. The van der Waals surface area contributed by atoms with Gasteiger partial charge in [0.2, 0.25) is 0 Å². The molecule has 0 aliphatic rings. The van der Waals surface area contributed by atoms with Gasteiger partial charge in [0, 0.05) is 17.4 Å². The molecule has 0 fully saturated rings. The summed E-state index contributed by atoms with van der Waals surface area (Å²) >= 11 is 1.63. The molecule has 6 heteroatoms. The second kappa shape index (κ2) is 10.00. The van der Waals surface area contributed by atoms with Gasteiger partial charge in [-0.1, -0.05) is 84.6 Å². The maximum Gasteiger partial charge on any atom is 0.196 e. The molecule has 4 rings (SSSR count). The Balaban J connectivity index is 1.68. The lowest BCUT2D eigenvalue weighted by Gasteiger charge is -2.13. The van der Waals surface area contributed by atoms with E-state index in [1.807, 2.05) is 66.7 Å². The Hall–Kier alpha value is -3.51.